The van der Waals surface area contributed by atoms with E-state index in [9.17, 15) is 19.8 Å². The van der Waals surface area contributed by atoms with Gasteiger partial charge in [0.25, 0.3) is 0 Å². The first-order valence-electron chi connectivity index (χ1n) is 25.7. The summed E-state index contributed by atoms with van der Waals surface area (Å²) in [5.74, 6) is -0.641. The number of rotatable bonds is 45. The van der Waals surface area contributed by atoms with Gasteiger partial charge >= 0.3 is 5.97 Å². The number of hydrogen-bond donors (Lipinski definition) is 3. The molecular formula is C55H97NO5. The summed E-state index contributed by atoms with van der Waals surface area (Å²) in [4.78, 5) is 26.0. The van der Waals surface area contributed by atoms with Gasteiger partial charge in [0.1, 0.15) is 6.10 Å². The van der Waals surface area contributed by atoms with Crippen molar-refractivity contribution >= 4 is 11.9 Å². The van der Waals surface area contributed by atoms with Crippen LogP contribution < -0.4 is 5.32 Å². The van der Waals surface area contributed by atoms with Gasteiger partial charge in [0.15, 0.2) is 0 Å². The minimum atomic E-state index is -0.822. The van der Waals surface area contributed by atoms with Crippen LogP contribution in [-0.4, -0.2) is 46.9 Å². The first-order chi connectivity index (χ1) is 30.0. The second-order valence-electron chi connectivity index (χ2n) is 17.2. The van der Waals surface area contributed by atoms with Crippen molar-refractivity contribution in [1.82, 2.24) is 5.32 Å². The number of esters is 1. The van der Waals surface area contributed by atoms with Gasteiger partial charge in [-0.25, -0.2) is 0 Å². The Bertz CT molecular complexity index is 1140. The monoisotopic (exact) mass is 852 g/mol. The van der Waals surface area contributed by atoms with Crippen LogP contribution in [0.25, 0.3) is 0 Å². The fourth-order valence-corrected chi connectivity index (χ4v) is 7.37. The maximum Gasteiger partial charge on any atom is 0.306 e. The van der Waals surface area contributed by atoms with Crippen molar-refractivity contribution in [2.75, 3.05) is 6.61 Å². The number of ether oxygens (including phenoxy) is 1. The van der Waals surface area contributed by atoms with Gasteiger partial charge in [0.05, 0.1) is 25.2 Å². The molecule has 1 amide bonds. The summed E-state index contributed by atoms with van der Waals surface area (Å²) in [5.41, 5.74) is 0. The van der Waals surface area contributed by atoms with E-state index in [1.807, 2.05) is 6.08 Å². The van der Waals surface area contributed by atoms with Crippen molar-refractivity contribution in [2.24, 2.45) is 0 Å². The van der Waals surface area contributed by atoms with E-state index in [0.717, 1.165) is 77.0 Å². The first-order valence-corrected chi connectivity index (χ1v) is 25.7. The van der Waals surface area contributed by atoms with Gasteiger partial charge in [-0.05, 0) is 70.3 Å². The molecule has 0 aliphatic heterocycles. The van der Waals surface area contributed by atoms with Gasteiger partial charge in [-0.15, -0.1) is 0 Å². The molecule has 0 saturated carbocycles. The zero-order valence-corrected chi connectivity index (χ0v) is 40.0. The van der Waals surface area contributed by atoms with Crippen molar-refractivity contribution in [1.29, 1.82) is 0 Å². The summed E-state index contributed by atoms with van der Waals surface area (Å²) in [6.07, 6.45) is 61.4. The average molecular weight is 852 g/mol. The maximum atomic E-state index is 13.2. The molecular weight excluding hydrogens is 755 g/mol. The lowest BCUT2D eigenvalue weighted by molar-refractivity contribution is -0.148. The molecule has 61 heavy (non-hydrogen) atoms. The van der Waals surface area contributed by atoms with Crippen LogP contribution in [0, 0.1) is 0 Å². The van der Waals surface area contributed by atoms with Crippen molar-refractivity contribution in [3.8, 4) is 0 Å². The van der Waals surface area contributed by atoms with Crippen LogP contribution in [0.1, 0.15) is 239 Å². The number of amides is 1. The van der Waals surface area contributed by atoms with E-state index < -0.39 is 18.2 Å². The topological polar surface area (TPSA) is 95.9 Å². The molecule has 0 aliphatic rings. The molecule has 0 bridgehead atoms. The molecule has 0 aliphatic carbocycles. The molecule has 0 aromatic carbocycles. The molecule has 0 saturated heterocycles. The molecule has 0 radical (unpaired) electrons. The average Bonchev–Trinajstić information content (AvgIpc) is 3.25. The molecule has 0 aromatic rings. The summed E-state index contributed by atoms with van der Waals surface area (Å²) in [5, 5.41) is 23.7. The summed E-state index contributed by atoms with van der Waals surface area (Å²) < 4.78 is 5.80. The highest BCUT2D eigenvalue weighted by Crippen LogP contribution is 2.16. The smallest absolute Gasteiger partial charge is 0.306 e. The zero-order chi connectivity index (χ0) is 44.5. The molecule has 0 fully saturated rings. The number of carbonyl (C=O) groups is 2. The van der Waals surface area contributed by atoms with Gasteiger partial charge in [-0.2, -0.15) is 0 Å². The highest BCUT2D eigenvalue weighted by Gasteiger charge is 2.23. The third-order valence-corrected chi connectivity index (χ3v) is 11.3. The molecule has 6 heteroatoms. The van der Waals surface area contributed by atoms with Crippen LogP contribution in [-0.2, 0) is 14.3 Å². The Balaban J connectivity index is 4.65. The quantitative estimate of drug-likeness (QED) is 0.0322. The SMILES string of the molecule is CC/C=C/C/C=C/C/C=C/C/C=C/C/C=C/C(CC(=O)NC(CO)C(O)CCCCCCCCCCCCCCCCCCC)OC(=O)CCCCCCC/C=C\CCCC. The third-order valence-electron chi connectivity index (χ3n) is 11.3. The summed E-state index contributed by atoms with van der Waals surface area (Å²) in [6.45, 7) is 6.29. The van der Waals surface area contributed by atoms with Crippen LogP contribution in [0.3, 0.4) is 0 Å². The molecule has 0 aromatic heterocycles. The van der Waals surface area contributed by atoms with Gasteiger partial charge < -0.3 is 20.3 Å². The van der Waals surface area contributed by atoms with E-state index in [-0.39, 0.29) is 24.9 Å². The first kappa shape index (κ1) is 58.3. The predicted octanol–water partition coefficient (Wildman–Crippen LogP) is 15.4. The summed E-state index contributed by atoms with van der Waals surface area (Å²) in [7, 11) is 0. The lowest BCUT2D eigenvalue weighted by Gasteiger charge is -2.23. The van der Waals surface area contributed by atoms with Crippen molar-refractivity contribution in [2.45, 2.75) is 257 Å². The fourth-order valence-electron chi connectivity index (χ4n) is 7.37. The van der Waals surface area contributed by atoms with E-state index >= 15 is 0 Å². The van der Waals surface area contributed by atoms with Gasteiger partial charge in [0, 0.05) is 6.42 Å². The van der Waals surface area contributed by atoms with Crippen LogP contribution in [0.5, 0.6) is 0 Å². The summed E-state index contributed by atoms with van der Waals surface area (Å²) >= 11 is 0. The molecule has 3 atom stereocenters. The Morgan fingerprint density at radius 1 is 0.508 bits per heavy atom. The predicted molar refractivity (Wildman–Crippen MR) is 264 cm³/mol. The Morgan fingerprint density at radius 2 is 0.934 bits per heavy atom. The number of hydrogen-bond acceptors (Lipinski definition) is 5. The Labute approximate surface area is 377 Å². The fraction of sp³-hybridized carbons (Fsp3) is 0.745. The third kappa shape index (κ3) is 43.7. The molecule has 3 unspecified atom stereocenters. The van der Waals surface area contributed by atoms with Crippen LogP contribution in [0.2, 0.25) is 0 Å². The second-order valence-corrected chi connectivity index (χ2v) is 17.2. The van der Waals surface area contributed by atoms with Crippen molar-refractivity contribution < 1.29 is 24.5 Å². The van der Waals surface area contributed by atoms with Crippen molar-refractivity contribution in [3.05, 3.63) is 72.9 Å². The second kappa shape index (κ2) is 48.3. The number of nitrogens with one attached hydrogen (secondary N) is 1. The number of carbonyl (C=O) groups excluding carboxylic acids is 2. The molecule has 0 rings (SSSR count). The van der Waals surface area contributed by atoms with E-state index in [4.69, 9.17) is 4.74 Å². The highest BCUT2D eigenvalue weighted by molar-refractivity contribution is 5.78. The maximum absolute atomic E-state index is 13.2. The van der Waals surface area contributed by atoms with E-state index in [0.29, 0.717) is 19.3 Å². The summed E-state index contributed by atoms with van der Waals surface area (Å²) in [6, 6.07) is -0.745. The van der Waals surface area contributed by atoms with E-state index in [2.05, 4.69) is 86.8 Å². The molecule has 3 N–H and O–H groups in total. The van der Waals surface area contributed by atoms with Gasteiger partial charge in [0.2, 0.25) is 5.91 Å². The van der Waals surface area contributed by atoms with Gasteiger partial charge in [-0.1, -0.05) is 229 Å². The Kier molecular flexibility index (Phi) is 46.2. The Hall–Kier alpha value is -2.70. The molecule has 6 nitrogen and oxygen atoms in total. The minimum Gasteiger partial charge on any atom is -0.458 e. The van der Waals surface area contributed by atoms with Crippen LogP contribution >= 0.6 is 0 Å². The molecule has 0 heterocycles. The van der Waals surface area contributed by atoms with Gasteiger partial charge in [-0.3, -0.25) is 9.59 Å². The zero-order valence-electron chi connectivity index (χ0n) is 40.0. The number of aliphatic hydroxyl groups excluding tert-OH is 2. The largest absolute Gasteiger partial charge is 0.458 e. The Morgan fingerprint density at radius 3 is 1.43 bits per heavy atom. The minimum absolute atomic E-state index is 0.0510. The standard InChI is InChI=1S/C55H97NO5/c1-4-7-10-13-16-19-22-24-26-27-28-30-33-35-38-41-44-47-53(58)52(50-57)56-54(59)49-51(46-43-40-37-34-32-29-25-23-20-17-14-11-8-5-2)61-55(60)48-45-42-39-36-31-21-18-15-12-9-6-3/h8,11,15,17-18,20,25,29,34,37,43,46,51-53,57-58H,4-7,9-10,12-14,16,19,21-24,26-28,30-33,35-36,38-42,44-45,47-50H2,1-3H3,(H,56,59)/b11-8+,18-15-,20-17+,29-25+,37-34+,46-43+. The lowest BCUT2D eigenvalue weighted by atomic mass is 10.0. The number of unbranched alkanes of at least 4 members (excludes halogenated alkanes) is 23. The highest BCUT2D eigenvalue weighted by atomic mass is 16.5. The van der Waals surface area contributed by atoms with Crippen LogP contribution in [0.15, 0.2) is 72.9 Å². The lowest BCUT2D eigenvalue weighted by Crippen LogP contribution is -2.46. The van der Waals surface area contributed by atoms with E-state index in [1.54, 1.807) is 6.08 Å². The van der Waals surface area contributed by atoms with E-state index in [1.165, 1.54) is 116 Å². The normalized spacial score (nSPS) is 13.9. The van der Waals surface area contributed by atoms with Crippen LogP contribution in [0.4, 0.5) is 0 Å². The molecule has 0 spiro atoms. The molecule has 352 valence electrons. The number of allylic oxidation sites excluding steroid dienone is 11. The number of aliphatic hydroxyl groups is 2. The van der Waals surface area contributed by atoms with Crippen molar-refractivity contribution in [3.63, 3.8) is 0 Å².